The van der Waals surface area contributed by atoms with E-state index in [1.807, 2.05) is 23.1 Å². The quantitative estimate of drug-likeness (QED) is 0.416. The Hall–Kier alpha value is -3.68. The van der Waals surface area contributed by atoms with E-state index >= 15 is 0 Å². The Morgan fingerprint density at radius 1 is 1.13 bits per heavy atom. The lowest BCUT2D eigenvalue weighted by atomic mass is 10.1. The van der Waals surface area contributed by atoms with Crippen molar-refractivity contribution in [1.82, 2.24) is 4.90 Å². The minimum absolute atomic E-state index is 0.00619. The van der Waals surface area contributed by atoms with E-state index in [1.165, 1.54) is 17.9 Å². The van der Waals surface area contributed by atoms with Crippen molar-refractivity contribution in [3.8, 4) is 0 Å². The van der Waals surface area contributed by atoms with Gasteiger partial charge in [0.05, 0.1) is 4.92 Å². The second-order valence-electron chi connectivity index (χ2n) is 6.99. The van der Waals surface area contributed by atoms with E-state index in [0.29, 0.717) is 37.6 Å². The number of hydrogen-bond donors (Lipinski definition) is 0. The number of anilines is 2. The molecule has 8 heteroatoms. The van der Waals surface area contributed by atoms with Crippen molar-refractivity contribution in [2.45, 2.75) is 6.92 Å². The van der Waals surface area contributed by atoms with Crippen molar-refractivity contribution in [3.05, 3.63) is 76.9 Å². The molecule has 2 amide bonds. The van der Waals surface area contributed by atoms with E-state index < -0.39 is 4.92 Å². The first-order chi connectivity index (χ1) is 14.4. The molecule has 3 rings (SSSR count). The van der Waals surface area contributed by atoms with Gasteiger partial charge in [-0.3, -0.25) is 19.7 Å². The Morgan fingerprint density at radius 2 is 1.80 bits per heavy atom. The molecule has 0 radical (unpaired) electrons. The maximum absolute atomic E-state index is 13.1. The number of para-hydroxylation sites is 1. The molecule has 1 aliphatic rings. The summed E-state index contributed by atoms with van der Waals surface area (Å²) in [7, 11) is 0. The van der Waals surface area contributed by atoms with Crippen molar-refractivity contribution in [1.29, 1.82) is 0 Å². The van der Waals surface area contributed by atoms with Gasteiger partial charge in [0.1, 0.15) is 5.69 Å². The molecule has 0 saturated carbocycles. The second kappa shape index (κ2) is 9.21. The molecule has 1 heterocycles. The molecule has 0 spiro atoms. The standard InChI is InChI=1S/C22H24N4O4/c1-3-11-25(19-7-5-4-6-8-19)22(28)18-9-10-20(21(16-18)26(29)30)24-14-12-23(13-15-24)17(2)27/h3-10,16H,1,11-15H2,2H3. The van der Waals surface area contributed by atoms with E-state index in [-0.39, 0.29) is 29.6 Å². The molecule has 0 unspecified atom stereocenters. The van der Waals surface area contributed by atoms with Gasteiger partial charge in [-0.2, -0.15) is 0 Å². The largest absolute Gasteiger partial charge is 0.362 e. The van der Waals surface area contributed by atoms with Crippen molar-refractivity contribution in [2.24, 2.45) is 0 Å². The van der Waals surface area contributed by atoms with Gasteiger partial charge in [0, 0.05) is 57.0 Å². The molecule has 2 aromatic rings. The van der Waals surface area contributed by atoms with Gasteiger partial charge in [0.2, 0.25) is 5.91 Å². The Bertz CT molecular complexity index is 953. The summed E-state index contributed by atoms with van der Waals surface area (Å²) in [5.41, 5.74) is 1.26. The lowest BCUT2D eigenvalue weighted by Crippen LogP contribution is -2.48. The number of benzene rings is 2. The molecule has 1 aliphatic heterocycles. The van der Waals surface area contributed by atoms with E-state index in [0.717, 1.165) is 0 Å². The molecule has 0 aromatic heterocycles. The fourth-order valence-corrected chi connectivity index (χ4v) is 3.53. The van der Waals surface area contributed by atoms with Gasteiger partial charge in [-0.25, -0.2) is 0 Å². The molecule has 0 aliphatic carbocycles. The van der Waals surface area contributed by atoms with Gasteiger partial charge < -0.3 is 14.7 Å². The first kappa shape index (κ1) is 21.0. The van der Waals surface area contributed by atoms with Gasteiger partial charge in [-0.1, -0.05) is 24.3 Å². The topological polar surface area (TPSA) is 87.0 Å². The lowest BCUT2D eigenvalue weighted by molar-refractivity contribution is -0.384. The van der Waals surface area contributed by atoms with Crippen LogP contribution in [-0.4, -0.2) is 54.4 Å². The number of hydrogen-bond acceptors (Lipinski definition) is 5. The van der Waals surface area contributed by atoms with Crippen LogP contribution in [0, 0.1) is 10.1 Å². The minimum atomic E-state index is -0.468. The van der Waals surface area contributed by atoms with E-state index in [2.05, 4.69) is 6.58 Å². The molecular formula is C22H24N4O4. The Morgan fingerprint density at radius 3 is 2.37 bits per heavy atom. The maximum Gasteiger partial charge on any atom is 0.293 e. The van der Waals surface area contributed by atoms with Crippen LogP contribution < -0.4 is 9.80 Å². The van der Waals surface area contributed by atoms with Crippen LogP contribution in [0.5, 0.6) is 0 Å². The molecule has 0 bridgehead atoms. The van der Waals surface area contributed by atoms with Crippen LogP contribution in [0.2, 0.25) is 0 Å². The van der Waals surface area contributed by atoms with Crippen molar-refractivity contribution in [3.63, 3.8) is 0 Å². The summed E-state index contributed by atoms with van der Waals surface area (Å²) in [6.45, 7) is 7.52. The third kappa shape index (κ3) is 4.48. The third-order valence-electron chi connectivity index (χ3n) is 5.11. The summed E-state index contributed by atoms with van der Waals surface area (Å²) in [5, 5.41) is 11.8. The zero-order valence-electron chi connectivity index (χ0n) is 16.9. The molecule has 30 heavy (non-hydrogen) atoms. The number of nitrogens with zero attached hydrogens (tertiary/aromatic N) is 4. The number of nitro groups is 1. The summed E-state index contributed by atoms with van der Waals surface area (Å²) < 4.78 is 0. The zero-order chi connectivity index (χ0) is 21.7. The number of carbonyl (C=O) groups is 2. The molecule has 1 fully saturated rings. The monoisotopic (exact) mass is 408 g/mol. The van der Waals surface area contributed by atoms with E-state index in [1.54, 1.807) is 35.2 Å². The first-order valence-electron chi connectivity index (χ1n) is 9.69. The van der Waals surface area contributed by atoms with Crippen LogP contribution in [0.4, 0.5) is 17.1 Å². The van der Waals surface area contributed by atoms with Crippen LogP contribution >= 0.6 is 0 Å². The molecule has 0 N–H and O–H groups in total. The van der Waals surface area contributed by atoms with Crippen molar-refractivity contribution >= 4 is 28.9 Å². The minimum Gasteiger partial charge on any atom is -0.362 e. The zero-order valence-corrected chi connectivity index (χ0v) is 16.9. The lowest BCUT2D eigenvalue weighted by Gasteiger charge is -2.35. The van der Waals surface area contributed by atoms with Crippen LogP contribution in [0.15, 0.2) is 61.2 Å². The van der Waals surface area contributed by atoms with Gasteiger partial charge in [0.25, 0.3) is 11.6 Å². The maximum atomic E-state index is 13.1. The highest BCUT2D eigenvalue weighted by Crippen LogP contribution is 2.31. The molecule has 0 atom stereocenters. The fraction of sp³-hybridized carbons (Fsp3) is 0.273. The summed E-state index contributed by atoms with van der Waals surface area (Å²) in [6.07, 6.45) is 1.61. The summed E-state index contributed by atoms with van der Waals surface area (Å²) in [4.78, 5) is 41.0. The second-order valence-corrected chi connectivity index (χ2v) is 6.99. The SMILES string of the molecule is C=CCN(C(=O)c1ccc(N2CCN(C(C)=O)CC2)c([N+](=O)[O-])c1)c1ccccc1. The first-order valence-corrected chi connectivity index (χ1v) is 9.69. The van der Waals surface area contributed by atoms with Gasteiger partial charge in [0.15, 0.2) is 0 Å². The van der Waals surface area contributed by atoms with Gasteiger partial charge in [-0.15, -0.1) is 6.58 Å². The number of nitro benzene ring substituents is 1. The van der Waals surface area contributed by atoms with Crippen LogP contribution in [0.25, 0.3) is 0 Å². The van der Waals surface area contributed by atoms with Crippen molar-refractivity contribution < 1.29 is 14.5 Å². The van der Waals surface area contributed by atoms with Crippen molar-refractivity contribution in [2.75, 3.05) is 42.5 Å². The Balaban J connectivity index is 1.89. The van der Waals surface area contributed by atoms with E-state index in [9.17, 15) is 19.7 Å². The highest BCUT2D eigenvalue weighted by atomic mass is 16.6. The van der Waals surface area contributed by atoms with Crippen LogP contribution in [0.3, 0.4) is 0 Å². The van der Waals surface area contributed by atoms with E-state index in [4.69, 9.17) is 0 Å². The third-order valence-corrected chi connectivity index (χ3v) is 5.11. The fourth-order valence-electron chi connectivity index (χ4n) is 3.53. The number of piperazine rings is 1. The van der Waals surface area contributed by atoms with Gasteiger partial charge >= 0.3 is 0 Å². The number of carbonyl (C=O) groups excluding carboxylic acids is 2. The van der Waals surface area contributed by atoms with Crippen LogP contribution in [0.1, 0.15) is 17.3 Å². The Labute approximate surface area is 175 Å². The summed E-state index contributed by atoms with van der Waals surface area (Å²) in [5.74, 6) is -0.342. The number of rotatable bonds is 6. The average molecular weight is 408 g/mol. The molecular weight excluding hydrogens is 384 g/mol. The smallest absolute Gasteiger partial charge is 0.293 e. The predicted molar refractivity (Wildman–Crippen MR) is 116 cm³/mol. The Kier molecular flexibility index (Phi) is 6.46. The van der Waals surface area contributed by atoms with Crippen LogP contribution in [-0.2, 0) is 4.79 Å². The average Bonchev–Trinajstić information content (AvgIpc) is 2.77. The predicted octanol–water partition coefficient (Wildman–Crippen LogP) is 3.10. The molecule has 2 aromatic carbocycles. The molecule has 156 valence electrons. The molecule has 8 nitrogen and oxygen atoms in total. The highest BCUT2D eigenvalue weighted by molar-refractivity contribution is 6.07. The summed E-state index contributed by atoms with van der Waals surface area (Å²) in [6, 6.07) is 13.7. The normalized spacial score (nSPS) is 13.6. The van der Waals surface area contributed by atoms with Gasteiger partial charge in [-0.05, 0) is 24.3 Å². The highest BCUT2D eigenvalue weighted by Gasteiger charge is 2.27. The molecule has 1 saturated heterocycles. The number of amides is 2. The summed E-state index contributed by atoms with van der Waals surface area (Å²) >= 11 is 0.